The summed E-state index contributed by atoms with van der Waals surface area (Å²) in [5, 5.41) is 9.77. The molecule has 0 bridgehead atoms. The van der Waals surface area contributed by atoms with E-state index in [9.17, 15) is 10.1 Å². The van der Waals surface area contributed by atoms with Crippen LogP contribution < -0.4 is 0 Å². The number of aromatic nitrogens is 2. The van der Waals surface area contributed by atoms with Crippen LogP contribution in [0, 0.1) is 10.1 Å². The standard InChI is InChI=1S/C5H5N3O2/c9-8(10)4-1-5-6-2-3-7-5/h1-4H,(H,6,7). The minimum absolute atomic E-state index is 0.483. The van der Waals surface area contributed by atoms with Crippen molar-refractivity contribution in [3.8, 4) is 0 Å². The monoisotopic (exact) mass is 139 g/mol. The van der Waals surface area contributed by atoms with Gasteiger partial charge in [0.15, 0.2) is 0 Å². The zero-order valence-electron chi connectivity index (χ0n) is 5.02. The smallest absolute Gasteiger partial charge is 0.238 e. The molecule has 1 aromatic heterocycles. The van der Waals surface area contributed by atoms with E-state index in [1.807, 2.05) is 0 Å². The summed E-state index contributed by atoms with van der Waals surface area (Å²) < 4.78 is 0. The molecular weight excluding hydrogens is 134 g/mol. The molecule has 0 spiro atoms. The van der Waals surface area contributed by atoms with E-state index in [4.69, 9.17) is 0 Å². The van der Waals surface area contributed by atoms with E-state index >= 15 is 0 Å². The molecule has 0 saturated heterocycles. The van der Waals surface area contributed by atoms with Crippen LogP contribution in [-0.2, 0) is 0 Å². The summed E-state index contributed by atoms with van der Waals surface area (Å²) in [6.45, 7) is 0. The Bertz CT molecular complexity index is 239. The molecule has 0 aliphatic rings. The van der Waals surface area contributed by atoms with Gasteiger partial charge in [-0.15, -0.1) is 0 Å². The quantitative estimate of drug-likeness (QED) is 0.483. The molecule has 52 valence electrons. The molecule has 0 radical (unpaired) electrons. The predicted molar refractivity (Wildman–Crippen MR) is 34.6 cm³/mol. The van der Waals surface area contributed by atoms with Crippen molar-refractivity contribution in [2.24, 2.45) is 0 Å². The third-order valence-electron chi connectivity index (χ3n) is 0.873. The Hall–Kier alpha value is -1.65. The molecule has 1 N–H and O–H groups in total. The molecule has 0 unspecified atom stereocenters. The number of rotatable bonds is 2. The van der Waals surface area contributed by atoms with Crippen LogP contribution in [0.1, 0.15) is 5.82 Å². The fourth-order valence-corrected chi connectivity index (χ4v) is 0.500. The molecule has 1 aromatic rings. The average molecular weight is 139 g/mol. The van der Waals surface area contributed by atoms with E-state index in [0.29, 0.717) is 5.82 Å². The maximum absolute atomic E-state index is 9.77. The number of hydrogen-bond acceptors (Lipinski definition) is 3. The second kappa shape index (κ2) is 2.77. The Kier molecular flexibility index (Phi) is 1.79. The zero-order valence-corrected chi connectivity index (χ0v) is 5.02. The number of imidazole rings is 1. The lowest BCUT2D eigenvalue weighted by Crippen LogP contribution is -1.82. The number of aromatic amines is 1. The van der Waals surface area contributed by atoms with Crippen LogP contribution in [0.4, 0.5) is 0 Å². The van der Waals surface area contributed by atoms with E-state index in [0.717, 1.165) is 6.20 Å². The number of nitrogens with zero attached hydrogens (tertiary/aromatic N) is 2. The molecule has 0 aliphatic heterocycles. The highest BCUT2D eigenvalue weighted by Gasteiger charge is 1.88. The lowest BCUT2D eigenvalue weighted by Gasteiger charge is -1.77. The molecule has 10 heavy (non-hydrogen) atoms. The lowest BCUT2D eigenvalue weighted by molar-refractivity contribution is -0.401. The van der Waals surface area contributed by atoms with Crippen LogP contribution in [0.5, 0.6) is 0 Å². The van der Waals surface area contributed by atoms with Crippen molar-refractivity contribution >= 4 is 6.08 Å². The lowest BCUT2D eigenvalue weighted by atomic mass is 10.6. The third-order valence-corrected chi connectivity index (χ3v) is 0.873. The number of hydrogen-bond donors (Lipinski definition) is 1. The van der Waals surface area contributed by atoms with Crippen molar-refractivity contribution in [3.63, 3.8) is 0 Å². The first-order valence-corrected chi connectivity index (χ1v) is 2.60. The van der Waals surface area contributed by atoms with Crippen molar-refractivity contribution in [2.75, 3.05) is 0 Å². The van der Waals surface area contributed by atoms with Crippen LogP contribution in [0.15, 0.2) is 18.6 Å². The van der Waals surface area contributed by atoms with E-state index < -0.39 is 4.92 Å². The van der Waals surface area contributed by atoms with E-state index in [1.54, 1.807) is 6.20 Å². The van der Waals surface area contributed by atoms with Gasteiger partial charge in [-0.3, -0.25) is 10.1 Å². The Morgan fingerprint density at radius 2 is 2.60 bits per heavy atom. The van der Waals surface area contributed by atoms with Crippen LogP contribution >= 0.6 is 0 Å². The molecule has 1 heterocycles. The molecular formula is C5H5N3O2. The first kappa shape index (κ1) is 6.47. The van der Waals surface area contributed by atoms with Crippen molar-refractivity contribution in [2.45, 2.75) is 0 Å². The van der Waals surface area contributed by atoms with Crippen molar-refractivity contribution in [3.05, 3.63) is 34.5 Å². The summed E-state index contributed by atoms with van der Waals surface area (Å²) in [4.78, 5) is 15.7. The first-order valence-electron chi connectivity index (χ1n) is 2.60. The Balaban J connectivity index is 2.64. The summed E-state index contributed by atoms with van der Waals surface area (Å²) in [5.74, 6) is 0.483. The van der Waals surface area contributed by atoms with Crippen LogP contribution in [0.3, 0.4) is 0 Å². The predicted octanol–water partition coefficient (Wildman–Crippen LogP) is 0.657. The molecule has 5 nitrogen and oxygen atoms in total. The Morgan fingerprint density at radius 3 is 3.10 bits per heavy atom. The van der Waals surface area contributed by atoms with Crippen LogP contribution in [0.25, 0.3) is 6.08 Å². The minimum Gasteiger partial charge on any atom is -0.345 e. The van der Waals surface area contributed by atoms with Gasteiger partial charge < -0.3 is 4.98 Å². The fraction of sp³-hybridized carbons (Fsp3) is 0. The van der Waals surface area contributed by atoms with Gasteiger partial charge in [-0.2, -0.15) is 0 Å². The molecule has 0 aromatic carbocycles. The van der Waals surface area contributed by atoms with Gasteiger partial charge >= 0.3 is 0 Å². The van der Waals surface area contributed by atoms with Gasteiger partial charge in [0.2, 0.25) is 6.20 Å². The average Bonchev–Trinajstić information content (AvgIpc) is 2.34. The van der Waals surface area contributed by atoms with E-state index in [1.165, 1.54) is 12.3 Å². The second-order valence-corrected chi connectivity index (χ2v) is 1.58. The van der Waals surface area contributed by atoms with Crippen LogP contribution in [-0.4, -0.2) is 14.9 Å². The summed E-state index contributed by atoms with van der Waals surface area (Å²) in [5.41, 5.74) is 0. The summed E-state index contributed by atoms with van der Waals surface area (Å²) in [6, 6.07) is 0. The molecule has 1 rings (SSSR count). The Morgan fingerprint density at radius 1 is 1.80 bits per heavy atom. The minimum atomic E-state index is -0.539. The molecule has 0 aliphatic carbocycles. The topological polar surface area (TPSA) is 71.8 Å². The van der Waals surface area contributed by atoms with Gasteiger partial charge in [0, 0.05) is 12.4 Å². The molecule has 0 atom stereocenters. The van der Waals surface area contributed by atoms with E-state index in [-0.39, 0.29) is 0 Å². The van der Waals surface area contributed by atoms with E-state index in [2.05, 4.69) is 9.97 Å². The first-order chi connectivity index (χ1) is 4.79. The normalized spacial score (nSPS) is 10.4. The van der Waals surface area contributed by atoms with Crippen molar-refractivity contribution < 1.29 is 4.92 Å². The highest BCUT2D eigenvalue weighted by molar-refractivity contribution is 5.36. The molecule has 0 saturated carbocycles. The third kappa shape index (κ3) is 1.70. The maximum atomic E-state index is 9.77. The molecule has 0 amide bonds. The number of nitrogens with one attached hydrogen (secondary N) is 1. The fourth-order valence-electron chi connectivity index (χ4n) is 0.500. The largest absolute Gasteiger partial charge is 0.345 e. The number of nitro groups is 1. The molecule has 0 fully saturated rings. The van der Waals surface area contributed by atoms with Gasteiger partial charge in [0.05, 0.1) is 11.0 Å². The Labute approximate surface area is 56.6 Å². The van der Waals surface area contributed by atoms with Gasteiger partial charge in [-0.25, -0.2) is 4.98 Å². The van der Waals surface area contributed by atoms with Gasteiger partial charge in [-0.1, -0.05) is 0 Å². The summed E-state index contributed by atoms with van der Waals surface area (Å²) >= 11 is 0. The summed E-state index contributed by atoms with van der Waals surface area (Å²) in [6.07, 6.45) is 5.25. The van der Waals surface area contributed by atoms with Crippen molar-refractivity contribution in [1.82, 2.24) is 9.97 Å². The van der Waals surface area contributed by atoms with Crippen LogP contribution in [0.2, 0.25) is 0 Å². The summed E-state index contributed by atoms with van der Waals surface area (Å²) in [7, 11) is 0. The number of H-pyrrole nitrogens is 1. The highest BCUT2D eigenvalue weighted by atomic mass is 16.6. The maximum Gasteiger partial charge on any atom is 0.238 e. The van der Waals surface area contributed by atoms with Gasteiger partial charge in [0.25, 0.3) is 0 Å². The SMILES string of the molecule is O=[N+]([O-])C=Cc1ncc[nH]1. The zero-order chi connectivity index (χ0) is 7.40. The highest BCUT2D eigenvalue weighted by Crippen LogP contribution is 1.90. The van der Waals surface area contributed by atoms with Gasteiger partial charge in [-0.05, 0) is 0 Å². The second-order valence-electron chi connectivity index (χ2n) is 1.58. The van der Waals surface area contributed by atoms with Crippen molar-refractivity contribution in [1.29, 1.82) is 0 Å². The van der Waals surface area contributed by atoms with Gasteiger partial charge in [0.1, 0.15) is 5.82 Å². The molecule has 5 heteroatoms.